The number of amides is 3. The molecule has 5 heteroatoms. The molecule has 0 saturated heterocycles. The molecule has 1 N–H and O–H groups in total. The van der Waals surface area contributed by atoms with Crippen LogP contribution in [0, 0.1) is 6.92 Å². The Morgan fingerprint density at radius 1 is 0.800 bits per heavy atom. The Balaban J connectivity index is 1.60. The lowest BCUT2D eigenvalue weighted by Crippen LogP contribution is -2.50. The van der Waals surface area contributed by atoms with E-state index in [0.717, 1.165) is 21.6 Å². The number of carbonyl (C=O) groups is 3. The molecule has 1 aliphatic heterocycles. The molecule has 1 atom stereocenters. The highest BCUT2D eigenvalue weighted by atomic mass is 16.2. The maximum atomic E-state index is 13.2. The summed E-state index contributed by atoms with van der Waals surface area (Å²) in [5.41, 5.74) is 3.65. The molecule has 30 heavy (non-hydrogen) atoms. The van der Waals surface area contributed by atoms with Gasteiger partial charge in [-0.3, -0.25) is 19.3 Å². The summed E-state index contributed by atoms with van der Waals surface area (Å²) in [5.74, 6) is -1.21. The van der Waals surface area contributed by atoms with Gasteiger partial charge in [0.25, 0.3) is 11.8 Å². The number of nitrogens with zero attached hydrogens (tertiary/aromatic N) is 1. The summed E-state index contributed by atoms with van der Waals surface area (Å²) in [5, 5.41) is 2.90. The number of hydrogen-bond acceptors (Lipinski definition) is 3. The fraction of sp³-hybridized carbons (Fsp3) is 0.160. The molecule has 4 rings (SSSR count). The van der Waals surface area contributed by atoms with Crippen LogP contribution in [0.3, 0.4) is 0 Å². The molecule has 3 aromatic rings. The predicted molar refractivity (Wildman–Crippen MR) is 114 cm³/mol. The van der Waals surface area contributed by atoms with Crippen molar-refractivity contribution in [3.05, 3.63) is 107 Å². The van der Waals surface area contributed by atoms with E-state index in [1.807, 2.05) is 61.5 Å². The lowest BCUT2D eigenvalue weighted by Gasteiger charge is -2.25. The van der Waals surface area contributed by atoms with Crippen molar-refractivity contribution >= 4 is 17.7 Å². The van der Waals surface area contributed by atoms with Crippen LogP contribution in [0.5, 0.6) is 0 Å². The number of imide groups is 1. The summed E-state index contributed by atoms with van der Waals surface area (Å²) in [6.45, 7) is 2.33. The summed E-state index contributed by atoms with van der Waals surface area (Å²) in [7, 11) is 0. The first kappa shape index (κ1) is 19.6. The van der Waals surface area contributed by atoms with Crippen LogP contribution in [-0.4, -0.2) is 28.7 Å². The highest BCUT2D eigenvalue weighted by molar-refractivity contribution is 6.22. The van der Waals surface area contributed by atoms with Crippen molar-refractivity contribution in [3.63, 3.8) is 0 Å². The van der Waals surface area contributed by atoms with Crippen LogP contribution in [0.1, 0.15) is 37.4 Å². The van der Waals surface area contributed by atoms with Crippen LogP contribution >= 0.6 is 0 Å². The minimum absolute atomic E-state index is 0.256. The van der Waals surface area contributed by atoms with Crippen molar-refractivity contribution in [2.24, 2.45) is 0 Å². The fourth-order valence-electron chi connectivity index (χ4n) is 3.64. The molecule has 150 valence electrons. The van der Waals surface area contributed by atoms with E-state index >= 15 is 0 Å². The van der Waals surface area contributed by atoms with Gasteiger partial charge in [-0.1, -0.05) is 72.3 Å². The van der Waals surface area contributed by atoms with E-state index in [2.05, 4.69) is 5.32 Å². The lowest BCUT2D eigenvalue weighted by atomic mass is 10.0. The summed E-state index contributed by atoms with van der Waals surface area (Å²) in [4.78, 5) is 40.2. The van der Waals surface area contributed by atoms with Gasteiger partial charge in [0, 0.05) is 13.0 Å². The van der Waals surface area contributed by atoms with Crippen molar-refractivity contribution in [1.29, 1.82) is 0 Å². The Hall–Kier alpha value is -3.73. The first-order valence-corrected chi connectivity index (χ1v) is 9.88. The van der Waals surface area contributed by atoms with Gasteiger partial charge in [0.05, 0.1) is 11.1 Å². The molecule has 3 amide bonds. The number of hydrogen-bond donors (Lipinski definition) is 1. The van der Waals surface area contributed by atoms with Gasteiger partial charge in [0.1, 0.15) is 6.04 Å². The molecule has 1 unspecified atom stereocenters. The van der Waals surface area contributed by atoms with Crippen LogP contribution in [0.25, 0.3) is 0 Å². The average molecular weight is 398 g/mol. The molecular weight excluding hydrogens is 376 g/mol. The van der Waals surface area contributed by atoms with Crippen LogP contribution in [-0.2, 0) is 17.8 Å². The minimum Gasteiger partial charge on any atom is -0.350 e. The normalized spacial score (nSPS) is 13.8. The molecule has 0 saturated carbocycles. The monoisotopic (exact) mass is 398 g/mol. The van der Waals surface area contributed by atoms with E-state index in [-0.39, 0.29) is 12.3 Å². The molecule has 1 aliphatic rings. The van der Waals surface area contributed by atoms with Gasteiger partial charge in [-0.05, 0) is 30.2 Å². The summed E-state index contributed by atoms with van der Waals surface area (Å²) >= 11 is 0. The number of benzene rings is 3. The minimum atomic E-state index is -0.926. The van der Waals surface area contributed by atoms with Crippen LogP contribution in [0.4, 0.5) is 0 Å². The van der Waals surface area contributed by atoms with Gasteiger partial charge >= 0.3 is 0 Å². The zero-order valence-corrected chi connectivity index (χ0v) is 16.7. The first-order chi connectivity index (χ1) is 14.5. The van der Waals surface area contributed by atoms with Gasteiger partial charge in [-0.15, -0.1) is 0 Å². The number of carbonyl (C=O) groups excluding carboxylic acids is 3. The second-order valence-electron chi connectivity index (χ2n) is 7.43. The van der Waals surface area contributed by atoms with Crippen LogP contribution in [0.15, 0.2) is 78.9 Å². The number of fused-ring (bicyclic) bond motifs is 1. The third kappa shape index (κ3) is 3.87. The zero-order valence-electron chi connectivity index (χ0n) is 16.7. The first-order valence-electron chi connectivity index (χ1n) is 9.88. The summed E-state index contributed by atoms with van der Waals surface area (Å²) in [6, 6.07) is 23.0. The maximum absolute atomic E-state index is 13.2. The fourth-order valence-corrected chi connectivity index (χ4v) is 3.64. The largest absolute Gasteiger partial charge is 0.350 e. The quantitative estimate of drug-likeness (QED) is 0.646. The Kier molecular flexibility index (Phi) is 5.44. The Bertz CT molecular complexity index is 1060. The molecule has 0 aliphatic carbocycles. The van der Waals surface area contributed by atoms with Crippen molar-refractivity contribution in [2.45, 2.75) is 25.9 Å². The van der Waals surface area contributed by atoms with Crippen molar-refractivity contribution < 1.29 is 14.4 Å². The van der Waals surface area contributed by atoms with E-state index < -0.39 is 17.9 Å². The summed E-state index contributed by atoms with van der Waals surface area (Å²) < 4.78 is 0. The van der Waals surface area contributed by atoms with Crippen LogP contribution < -0.4 is 5.32 Å². The molecule has 0 radical (unpaired) electrons. The van der Waals surface area contributed by atoms with Gasteiger partial charge in [0.15, 0.2) is 0 Å². The second-order valence-corrected chi connectivity index (χ2v) is 7.43. The van der Waals surface area contributed by atoms with Crippen molar-refractivity contribution in [1.82, 2.24) is 10.2 Å². The standard InChI is InChI=1S/C25H22N2O3/c1-17-11-13-19(14-12-17)16-26-23(28)22(15-18-7-3-2-4-8-18)27-24(29)20-9-5-6-10-21(20)25(27)30/h2-14,22H,15-16H2,1H3,(H,26,28). The van der Waals surface area contributed by atoms with Crippen molar-refractivity contribution in [3.8, 4) is 0 Å². The maximum Gasteiger partial charge on any atom is 0.262 e. The van der Waals surface area contributed by atoms with Gasteiger partial charge < -0.3 is 5.32 Å². The molecule has 1 heterocycles. The SMILES string of the molecule is Cc1ccc(CNC(=O)C(Cc2ccccc2)N2C(=O)c3ccccc3C2=O)cc1. The van der Waals surface area contributed by atoms with E-state index in [0.29, 0.717) is 17.7 Å². The molecule has 0 spiro atoms. The van der Waals surface area contributed by atoms with E-state index in [1.54, 1.807) is 24.3 Å². The van der Waals surface area contributed by atoms with Gasteiger partial charge in [-0.25, -0.2) is 0 Å². The third-order valence-corrected chi connectivity index (χ3v) is 5.30. The Morgan fingerprint density at radius 2 is 1.37 bits per heavy atom. The molecule has 0 fully saturated rings. The zero-order chi connectivity index (χ0) is 21.1. The number of rotatable bonds is 6. The van der Waals surface area contributed by atoms with Crippen LogP contribution in [0.2, 0.25) is 0 Å². The third-order valence-electron chi connectivity index (χ3n) is 5.30. The molecule has 0 aromatic heterocycles. The van der Waals surface area contributed by atoms with E-state index in [1.165, 1.54) is 0 Å². The lowest BCUT2D eigenvalue weighted by molar-refractivity contribution is -0.125. The summed E-state index contributed by atoms with van der Waals surface area (Å²) in [6.07, 6.45) is 0.256. The molecule has 0 bridgehead atoms. The number of nitrogens with one attached hydrogen (secondary N) is 1. The molecule has 3 aromatic carbocycles. The van der Waals surface area contributed by atoms with E-state index in [9.17, 15) is 14.4 Å². The molecular formula is C25H22N2O3. The number of aryl methyl sites for hydroxylation is 1. The van der Waals surface area contributed by atoms with E-state index in [4.69, 9.17) is 0 Å². The van der Waals surface area contributed by atoms with Gasteiger partial charge in [-0.2, -0.15) is 0 Å². The second kappa shape index (κ2) is 8.33. The highest BCUT2D eigenvalue weighted by Gasteiger charge is 2.42. The smallest absolute Gasteiger partial charge is 0.262 e. The highest BCUT2D eigenvalue weighted by Crippen LogP contribution is 2.26. The Labute approximate surface area is 175 Å². The molecule has 5 nitrogen and oxygen atoms in total. The van der Waals surface area contributed by atoms with Gasteiger partial charge in [0.2, 0.25) is 5.91 Å². The predicted octanol–water partition coefficient (Wildman–Crippen LogP) is 3.52. The van der Waals surface area contributed by atoms with Crippen molar-refractivity contribution in [2.75, 3.05) is 0 Å². The Morgan fingerprint density at radius 3 is 1.97 bits per heavy atom. The topological polar surface area (TPSA) is 66.5 Å². The average Bonchev–Trinajstić information content (AvgIpc) is 3.02.